The van der Waals surface area contributed by atoms with Crippen LogP contribution in [0, 0.1) is 0 Å². The van der Waals surface area contributed by atoms with E-state index in [1.54, 1.807) is 0 Å². The molecule has 2 aromatic heterocycles. The van der Waals surface area contributed by atoms with Gasteiger partial charge in [-0.15, -0.1) is 0 Å². The number of rotatable bonds is 3. The number of para-hydroxylation sites is 3. The standard InChI is InChI=1S/C51H31N3/c1-2-13-32(14-3-1)33-25-27-34(28-26-33)48-40-18-6-10-23-45(40)52-50(53-48)35-29-30-47-44(31-35)51(41-20-8-4-15-36(41)37-16-5-9-21-42(37)51)43-22-12-19-39-38-17-7-11-24-46(38)54(47)49(39)43/h1-31H. The lowest BCUT2D eigenvalue weighted by atomic mass is 9.65. The van der Waals surface area contributed by atoms with Crippen LogP contribution in [-0.4, -0.2) is 14.5 Å². The van der Waals surface area contributed by atoms with Gasteiger partial charge in [-0.1, -0.05) is 158 Å². The fourth-order valence-corrected chi connectivity index (χ4v) is 9.58. The van der Waals surface area contributed by atoms with Crippen LogP contribution in [0.1, 0.15) is 22.3 Å². The molecule has 0 amide bonds. The second kappa shape index (κ2) is 11.0. The Bertz CT molecular complexity index is 3110. The largest absolute Gasteiger partial charge is 0.309 e. The number of hydrogen-bond donors (Lipinski definition) is 0. The van der Waals surface area contributed by atoms with Crippen molar-refractivity contribution in [1.29, 1.82) is 0 Å². The lowest BCUT2D eigenvalue weighted by Gasteiger charge is -2.39. The second-order valence-corrected chi connectivity index (χ2v) is 14.5. The topological polar surface area (TPSA) is 30.7 Å². The van der Waals surface area contributed by atoms with E-state index in [4.69, 9.17) is 9.97 Å². The lowest BCUT2D eigenvalue weighted by molar-refractivity contribution is 0.748. The summed E-state index contributed by atoms with van der Waals surface area (Å²) in [6.45, 7) is 0. The summed E-state index contributed by atoms with van der Waals surface area (Å²) < 4.78 is 2.49. The Morgan fingerprint density at radius 3 is 1.78 bits per heavy atom. The summed E-state index contributed by atoms with van der Waals surface area (Å²) in [5.41, 5.74) is 17.2. The Labute approximate surface area is 312 Å². The van der Waals surface area contributed by atoms with E-state index in [0.717, 1.165) is 33.5 Å². The lowest BCUT2D eigenvalue weighted by Crippen LogP contribution is -2.33. The molecule has 0 fully saturated rings. The van der Waals surface area contributed by atoms with Crippen molar-refractivity contribution in [3.63, 3.8) is 0 Å². The molecule has 10 aromatic rings. The molecule has 1 spiro atoms. The van der Waals surface area contributed by atoms with Crippen molar-refractivity contribution in [2.24, 2.45) is 0 Å². The average Bonchev–Trinajstić information content (AvgIpc) is 3.74. The smallest absolute Gasteiger partial charge is 0.160 e. The first-order valence-corrected chi connectivity index (χ1v) is 18.6. The van der Waals surface area contributed by atoms with Crippen molar-refractivity contribution >= 4 is 32.7 Å². The van der Waals surface area contributed by atoms with Gasteiger partial charge in [0.05, 0.1) is 33.3 Å². The zero-order valence-electron chi connectivity index (χ0n) is 29.2. The van der Waals surface area contributed by atoms with E-state index in [9.17, 15) is 0 Å². The number of aromatic nitrogens is 3. The maximum Gasteiger partial charge on any atom is 0.160 e. The summed E-state index contributed by atoms with van der Waals surface area (Å²) in [5, 5.41) is 3.58. The molecule has 12 rings (SSSR count). The molecule has 0 radical (unpaired) electrons. The van der Waals surface area contributed by atoms with E-state index in [1.165, 1.54) is 72.0 Å². The first kappa shape index (κ1) is 29.5. The van der Waals surface area contributed by atoms with Crippen molar-refractivity contribution in [2.45, 2.75) is 5.41 Å². The van der Waals surface area contributed by atoms with Gasteiger partial charge in [-0.3, -0.25) is 0 Å². The molecule has 3 nitrogen and oxygen atoms in total. The fourth-order valence-electron chi connectivity index (χ4n) is 9.58. The molecule has 54 heavy (non-hydrogen) atoms. The van der Waals surface area contributed by atoms with E-state index in [0.29, 0.717) is 0 Å². The summed E-state index contributed by atoms with van der Waals surface area (Å²) >= 11 is 0. The van der Waals surface area contributed by atoms with Crippen LogP contribution in [0.25, 0.3) is 83.3 Å². The minimum Gasteiger partial charge on any atom is -0.309 e. The molecule has 0 N–H and O–H groups in total. The van der Waals surface area contributed by atoms with Crippen LogP contribution in [0.3, 0.4) is 0 Å². The molecule has 1 aliphatic heterocycles. The molecule has 0 unspecified atom stereocenters. The Kier molecular flexibility index (Phi) is 5.98. The van der Waals surface area contributed by atoms with Gasteiger partial charge in [0.25, 0.3) is 0 Å². The average molecular weight is 686 g/mol. The Morgan fingerprint density at radius 1 is 0.389 bits per heavy atom. The SMILES string of the molecule is c1ccc(-c2ccc(-c3nc(-c4ccc5c(c4)C4(c6ccccc6-c6ccccc64)c4cccc6c7ccccc7n-5c46)nc4ccccc34)cc2)cc1. The van der Waals surface area contributed by atoms with Crippen LogP contribution >= 0.6 is 0 Å². The van der Waals surface area contributed by atoms with Crippen molar-refractivity contribution in [3.05, 3.63) is 210 Å². The zero-order valence-corrected chi connectivity index (χ0v) is 29.2. The van der Waals surface area contributed by atoms with Gasteiger partial charge >= 0.3 is 0 Å². The minimum absolute atomic E-state index is 0.532. The van der Waals surface area contributed by atoms with Gasteiger partial charge in [0.1, 0.15) is 0 Å². The highest BCUT2D eigenvalue weighted by molar-refractivity contribution is 6.13. The molecular weight excluding hydrogens is 655 g/mol. The molecule has 3 heterocycles. The molecule has 2 aliphatic rings. The van der Waals surface area contributed by atoms with Crippen molar-refractivity contribution in [3.8, 4) is 50.6 Å². The van der Waals surface area contributed by atoms with E-state index in [-0.39, 0.29) is 0 Å². The van der Waals surface area contributed by atoms with Gasteiger partial charge in [-0.25, -0.2) is 9.97 Å². The molecule has 250 valence electrons. The normalized spacial score (nSPS) is 13.3. The number of hydrogen-bond acceptors (Lipinski definition) is 2. The van der Waals surface area contributed by atoms with Crippen LogP contribution < -0.4 is 0 Å². The summed E-state index contributed by atoms with van der Waals surface area (Å²) in [6.07, 6.45) is 0. The predicted octanol–water partition coefficient (Wildman–Crippen LogP) is 12.4. The highest BCUT2D eigenvalue weighted by Crippen LogP contribution is 2.61. The third-order valence-electron chi connectivity index (χ3n) is 11.8. The molecule has 0 saturated heterocycles. The number of benzene rings is 8. The summed E-state index contributed by atoms with van der Waals surface area (Å²) in [5.74, 6) is 0.717. The Hall–Kier alpha value is -7.10. The highest BCUT2D eigenvalue weighted by Gasteiger charge is 2.50. The summed E-state index contributed by atoms with van der Waals surface area (Å²) in [6, 6.07) is 68.3. The van der Waals surface area contributed by atoms with E-state index in [1.807, 2.05) is 0 Å². The molecule has 0 bridgehead atoms. The van der Waals surface area contributed by atoms with Crippen LogP contribution in [0.4, 0.5) is 0 Å². The summed E-state index contributed by atoms with van der Waals surface area (Å²) in [4.78, 5) is 10.7. The van der Waals surface area contributed by atoms with E-state index >= 15 is 0 Å². The van der Waals surface area contributed by atoms with Crippen LogP contribution in [-0.2, 0) is 5.41 Å². The highest BCUT2D eigenvalue weighted by atomic mass is 15.0. The molecule has 3 heteroatoms. The second-order valence-electron chi connectivity index (χ2n) is 14.5. The minimum atomic E-state index is -0.532. The quantitative estimate of drug-likeness (QED) is 0.185. The van der Waals surface area contributed by atoms with Gasteiger partial charge < -0.3 is 4.57 Å². The Morgan fingerprint density at radius 2 is 0.981 bits per heavy atom. The molecule has 8 aromatic carbocycles. The first-order valence-electron chi connectivity index (χ1n) is 18.6. The van der Waals surface area contributed by atoms with Crippen molar-refractivity contribution in [1.82, 2.24) is 14.5 Å². The molecule has 1 aliphatic carbocycles. The maximum atomic E-state index is 5.40. The Balaban J connectivity index is 1.14. The van der Waals surface area contributed by atoms with Gasteiger partial charge in [0, 0.05) is 27.3 Å². The van der Waals surface area contributed by atoms with Crippen molar-refractivity contribution in [2.75, 3.05) is 0 Å². The molecule has 0 atom stereocenters. The molecule has 0 saturated carbocycles. The van der Waals surface area contributed by atoms with Gasteiger partial charge in [0.15, 0.2) is 5.82 Å². The third-order valence-corrected chi connectivity index (χ3v) is 11.8. The van der Waals surface area contributed by atoms with Crippen LogP contribution in [0.5, 0.6) is 0 Å². The third kappa shape index (κ3) is 3.85. The van der Waals surface area contributed by atoms with Gasteiger partial charge in [-0.2, -0.15) is 0 Å². The monoisotopic (exact) mass is 685 g/mol. The van der Waals surface area contributed by atoms with E-state index in [2.05, 4.69) is 193 Å². The fraction of sp³-hybridized carbons (Fsp3) is 0.0196. The predicted molar refractivity (Wildman–Crippen MR) is 221 cm³/mol. The van der Waals surface area contributed by atoms with Crippen LogP contribution in [0.2, 0.25) is 0 Å². The maximum absolute atomic E-state index is 5.40. The van der Waals surface area contributed by atoms with Gasteiger partial charge in [0.2, 0.25) is 0 Å². The van der Waals surface area contributed by atoms with Crippen LogP contribution in [0.15, 0.2) is 188 Å². The number of fused-ring (bicyclic) bond motifs is 13. The molecular formula is C51H31N3. The van der Waals surface area contributed by atoms with Crippen molar-refractivity contribution < 1.29 is 0 Å². The number of nitrogens with zero attached hydrogens (tertiary/aromatic N) is 3. The van der Waals surface area contributed by atoms with E-state index < -0.39 is 5.41 Å². The summed E-state index contributed by atoms with van der Waals surface area (Å²) in [7, 11) is 0. The zero-order chi connectivity index (χ0) is 35.4. The first-order chi connectivity index (χ1) is 26.8. The van der Waals surface area contributed by atoms with Gasteiger partial charge in [-0.05, 0) is 74.8 Å².